The molecule has 2 heterocycles. The molecule has 0 aliphatic carbocycles. The summed E-state index contributed by atoms with van der Waals surface area (Å²) < 4.78 is 33.6. The maximum Gasteiger partial charge on any atom is 0.234 e. The van der Waals surface area contributed by atoms with Crippen molar-refractivity contribution in [1.29, 1.82) is 0 Å². The summed E-state index contributed by atoms with van der Waals surface area (Å²) in [6, 6.07) is 5.77. The molecular weight excluding hydrogens is 362 g/mol. The van der Waals surface area contributed by atoms with Crippen LogP contribution < -0.4 is 4.31 Å². The highest BCUT2D eigenvalue weighted by molar-refractivity contribution is 7.92. The van der Waals surface area contributed by atoms with Gasteiger partial charge in [-0.3, -0.25) is 4.31 Å². The Kier molecular flexibility index (Phi) is 5.54. The van der Waals surface area contributed by atoms with Crippen LogP contribution in [-0.2, 0) is 26.7 Å². The molecule has 1 aromatic carbocycles. The van der Waals surface area contributed by atoms with Crippen LogP contribution in [0.2, 0.25) is 0 Å². The topological polar surface area (TPSA) is 64.4 Å². The van der Waals surface area contributed by atoms with Crippen molar-refractivity contribution in [2.75, 3.05) is 30.3 Å². The SMILES string of the molecule is CCS(=O)(=O)N(C)c1ccc2c(c1)nc(C(C)(C)C)n2CC1CCOCC1. The van der Waals surface area contributed by atoms with Gasteiger partial charge in [-0.1, -0.05) is 20.8 Å². The molecule has 1 aliphatic heterocycles. The minimum absolute atomic E-state index is 0.0764. The molecule has 7 heteroatoms. The molecule has 0 bridgehead atoms. The van der Waals surface area contributed by atoms with E-state index in [-0.39, 0.29) is 11.2 Å². The fourth-order valence-corrected chi connectivity index (χ4v) is 4.43. The van der Waals surface area contributed by atoms with E-state index >= 15 is 0 Å². The largest absolute Gasteiger partial charge is 0.381 e. The van der Waals surface area contributed by atoms with Crippen molar-refractivity contribution in [3.8, 4) is 0 Å². The Morgan fingerprint density at radius 3 is 2.52 bits per heavy atom. The van der Waals surface area contributed by atoms with Crippen molar-refractivity contribution in [3.05, 3.63) is 24.0 Å². The van der Waals surface area contributed by atoms with Gasteiger partial charge in [0.1, 0.15) is 5.82 Å². The predicted octanol–water partition coefficient (Wildman–Crippen LogP) is 3.55. The molecule has 27 heavy (non-hydrogen) atoms. The zero-order valence-electron chi connectivity index (χ0n) is 17.0. The minimum Gasteiger partial charge on any atom is -0.381 e. The number of nitrogens with zero attached hydrogens (tertiary/aromatic N) is 3. The van der Waals surface area contributed by atoms with E-state index in [4.69, 9.17) is 9.72 Å². The van der Waals surface area contributed by atoms with Gasteiger partial charge in [0.2, 0.25) is 10.0 Å². The van der Waals surface area contributed by atoms with Gasteiger partial charge in [-0.05, 0) is 43.9 Å². The van der Waals surface area contributed by atoms with Crippen molar-refractivity contribution in [1.82, 2.24) is 9.55 Å². The van der Waals surface area contributed by atoms with Gasteiger partial charge in [0.25, 0.3) is 0 Å². The summed E-state index contributed by atoms with van der Waals surface area (Å²) in [5.41, 5.74) is 2.48. The first-order valence-electron chi connectivity index (χ1n) is 9.68. The standard InChI is InChI=1S/C20H31N3O3S/c1-6-27(24,25)22(5)16-7-8-18-17(13-16)21-19(20(2,3)4)23(18)14-15-9-11-26-12-10-15/h7-8,13,15H,6,9-12,14H2,1-5H3. The Labute approximate surface area is 162 Å². The Balaban J connectivity index is 2.05. The van der Waals surface area contributed by atoms with Gasteiger partial charge in [-0.25, -0.2) is 13.4 Å². The van der Waals surface area contributed by atoms with Crippen LogP contribution in [0.25, 0.3) is 11.0 Å². The normalized spacial score (nSPS) is 16.8. The average molecular weight is 394 g/mol. The number of hydrogen-bond donors (Lipinski definition) is 0. The van der Waals surface area contributed by atoms with Gasteiger partial charge in [0.15, 0.2) is 0 Å². The van der Waals surface area contributed by atoms with E-state index in [1.807, 2.05) is 18.2 Å². The predicted molar refractivity (Wildman–Crippen MR) is 110 cm³/mol. The van der Waals surface area contributed by atoms with E-state index in [0.29, 0.717) is 11.6 Å². The van der Waals surface area contributed by atoms with Crippen molar-refractivity contribution in [2.24, 2.45) is 5.92 Å². The Morgan fingerprint density at radius 1 is 1.26 bits per heavy atom. The number of hydrogen-bond acceptors (Lipinski definition) is 4. The maximum absolute atomic E-state index is 12.2. The number of aromatic nitrogens is 2. The van der Waals surface area contributed by atoms with Crippen LogP contribution in [0.3, 0.4) is 0 Å². The fourth-order valence-electron chi connectivity index (χ4n) is 3.61. The molecule has 0 unspecified atom stereocenters. The second kappa shape index (κ2) is 7.43. The van der Waals surface area contributed by atoms with Crippen molar-refractivity contribution >= 4 is 26.7 Å². The monoisotopic (exact) mass is 393 g/mol. The lowest BCUT2D eigenvalue weighted by Gasteiger charge is -2.26. The van der Waals surface area contributed by atoms with E-state index in [0.717, 1.165) is 49.5 Å². The van der Waals surface area contributed by atoms with Gasteiger partial charge >= 0.3 is 0 Å². The number of ether oxygens (including phenoxy) is 1. The first-order chi connectivity index (χ1) is 12.6. The average Bonchev–Trinajstić information content (AvgIpc) is 3.00. The number of imidazole rings is 1. The molecular formula is C20H31N3O3S. The Morgan fingerprint density at radius 2 is 1.93 bits per heavy atom. The summed E-state index contributed by atoms with van der Waals surface area (Å²) in [6.45, 7) is 10.7. The molecule has 6 nitrogen and oxygen atoms in total. The van der Waals surface area contributed by atoms with Gasteiger partial charge in [0, 0.05) is 32.2 Å². The van der Waals surface area contributed by atoms with Crippen molar-refractivity contribution in [2.45, 2.75) is 52.5 Å². The molecule has 1 saturated heterocycles. The van der Waals surface area contributed by atoms with E-state index in [1.54, 1.807) is 14.0 Å². The van der Waals surface area contributed by atoms with Crippen LogP contribution >= 0.6 is 0 Å². The molecule has 0 N–H and O–H groups in total. The van der Waals surface area contributed by atoms with E-state index < -0.39 is 10.0 Å². The minimum atomic E-state index is -3.29. The zero-order valence-corrected chi connectivity index (χ0v) is 17.8. The molecule has 150 valence electrons. The van der Waals surface area contributed by atoms with E-state index in [9.17, 15) is 8.42 Å². The summed E-state index contributed by atoms with van der Waals surface area (Å²) in [6.07, 6.45) is 2.14. The molecule has 0 radical (unpaired) electrons. The van der Waals surface area contributed by atoms with Crippen LogP contribution in [0.4, 0.5) is 5.69 Å². The smallest absolute Gasteiger partial charge is 0.234 e. The maximum atomic E-state index is 12.2. The third-order valence-corrected chi connectivity index (χ3v) is 7.10. The first kappa shape index (κ1) is 20.1. The first-order valence-corrected chi connectivity index (χ1v) is 11.3. The Bertz CT molecular complexity index is 906. The third kappa shape index (κ3) is 4.14. The van der Waals surface area contributed by atoms with Gasteiger partial charge in [0.05, 0.1) is 22.5 Å². The van der Waals surface area contributed by atoms with Crippen molar-refractivity contribution < 1.29 is 13.2 Å². The second-order valence-electron chi connectivity index (χ2n) is 8.39. The van der Waals surface area contributed by atoms with Gasteiger partial charge in [-0.2, -0.15) is 0 Å². The lowest BCUT2D eigenvalue weighted by molar-refractivity contribution is 0.0611. The molecule has 3 rings (SSSR count). The molecule has 0 saturated carbocycles. The number of sulfonamides is 1. The quantitative estimate of drug-likeness (QED) is 0.779. The molecule has 0 spiro atoms. The van der Waals surface area contributed by atoms with Gasteiger partial charge in [-0.15, -0.1) is 0 Å². The van der Waals surface area contributed by atoms with Crippen LogP contribution in [0.1, 0.15) is 46.4 Å². The molecule has 2 aromatic rings. The summed E-state index contributed by atoms with van der Waals surface area (Å²) in [5.74, 6) is 1.70. The summed E-state index contributed by atoms with van der Waals surface area (Å²) in [5, 5.41) is 0. The van der Waals surface area contributed by atoms with E-state index in [1.165, 1.54) is 4.31 Å². The number of fused-ring (bicyclic) bond motifs is 1. The Hall–Kier alpha value is -1.60. The lowest BCUT2D eigenvalue weighted by Crippen LogP contribution is -2.27. The fraction of sp³-hybridized carbons (Fsp3) is 0.650. The third-order valence-electron chi connectivity index (χ3n) is 5.33. The molecule has 1 aliphatic rings. The van der Waals surface area contributed by atoms with Crippen LogP contribution in [0.5, 0.6) is 0 Å². The second-order valence-corrected chi connectivity index (χ2v) is 10.7. The number of rotatable bonds is 5. The van der Waals surface area contributed by atoms with Crippen LogP contribution in [0.15, 0.2) is 18.2 Å². The molecule has 1 aromatic heterocycles. The number of benzene rings is 1. The van der Waals surface area contributed by atoms with Crippen molar-refractivity contribution in [3.63, 3.8) is 0 Å². The van der Waals surface area contributed by atoms with Gasteiger partial charge < -0.3 is 9.30 Å². The highest BCUT2D eigenvalue weighted by atomic mass is 32.2. The molecule has 0 amide bonds. The van der Waals surface area contributed by atoms with E-state index in [2.05, 4.69) is 25.3 Å². The van der Waals surface area contributed by atoms with Crippen LogP contribution in [-0.4, -0.2) is 44.0 Å². The summed E-state index contributed by atoms with van der Waals surface area (Å²) in [4.78, 5) is 4.91. The highest BCUT2D eigenvalue weighted by Gasteiger charge is 2.26. The molecule has 1 fully saturated rings. The highest BCUT2D eigenvalue weighted by Crippen LogP contribution is 2.31. The van der Waals surface area contributed by atoms with Crippen LogP contribution in [0, 0.1) is 5.92 Å². The summed E-state index contributed by atoms with van der Waals surface area (Å²) >= 11 is 0. The number of anilines is 1. The lowest BCUT2D eigenvalue weighted by atomic mass is 9.94. The molecule has 0 atom stereocenters. The zero-order chi connectivity index (χ0) is 19.8. The summed E-state index contributed by atoms with van der Waals surface area (Å²) in [7, 11) is -1.69.